The Morgan fingerprint density at radius 1 is 0.882 bits per heavy atom. The Bertz CT molecular complexity index is 1270. The average molecular weight is 475 g/mol. The summed E-state index contributed by atoms with van der Waals surface area (Å²) in [5.41, 5.74) is 3.40. The normalized spacial score (nSPS) is 16.8. The quantitative estimate of drug-likeness (QED) is 0.406. The van der Waals surface area contributed by atoms with Crippen molar-refractivity contribution in [2.45, 2.75) is 31.6 Å². The van der Waals surface area contributed by atoms with Crippen molar-refractivity contribution in [3.63, 3.8) is 0 Å². The smallest absolute Gasteiger partial charge is 0.211 e. The number of fused-ring (bicyclic) bond motifs is 1. The number of nitrogens with one attached hydrogen (secondary N) is 2. The summed E-state index contributed by atoms with van der Waals surface area (Å²) in [6, 6.07) is 9.95. The number of hydrogen-bond donors (Lipinski definition) is 2. The third-order valence-electron chi connectivity index (χ3n) is 6.29. The fraction of sp³-hybridized carbons (Fsp3) is 0.375. The van der Waals surface area contributed by atoms with Crippen molar-refractivity contribution in [2.24, 2.45) is 0 Å². The Hall–Kier alpha value is -3.37. The molecular formula is C24H26N8OS. The molecule has 2 aliphatic rings. The van der Waals surface area contributed by atoms with Gasteiger partial charge in [-0.05, 0) is 43.2 Å². The minimum atomic E-state index is 0.563. The number of pyridine rings is 3. The van der Waals surface area contributed by atoms with Gasteiger partial charge in [0.2, 0.25) is 5.13 Å². The second kappa shape index (κ2) is 9.47. The van der Waals surface area contributed by atoms with Gasteiger partial charge in [0.05, 0.1) is 48.0 Å². The highest BCUT2D eigenvalue weighted by Crippen LogP contribution is 2.37. The first-order chi connectivity index (χ1) is 16.8. The number of aromatic nitrogens is 5. The highest BCUT2D eigenvalue weighted by molar-refractivity contribution is 7.15. The van der Waals surface area contributed by atoms with Crippen molar-refractivity contribution in [1.29, 1.82) is 0 Å². The zero-order chi connectivity index (χ0) is 22.7. The zero-order valence-electron chi connectivity index (χ0n) is 18.8. The summed E-state index contributed by atoms with van der Waals surface area (Å²) >= 11 is 1.63. The van der Waals surface area contributed by atoms with Gasteiger partial charge in [-0.15, -0.1) is 10.2 Å². The highest BCUT2D eigenvalue weighted by atomic mass is 32.1. The lowest BCUT2D eigenvalue weighted by atomic mass is 10.1. The molecular weight excluding hydrogens is 448 g/mol. The molecule has 0 spiro atoms. The topological polar surface area (TPSA) is 101 Å². The van der Waals surface area contributed by atoms with Gasteiger partial charge in [-0.1, -0.05) is 24.2 Å². The molecule has 0 amide bonds. The summed E-state index contributed by atoms with van der Waals surface area (Å²) in [6.45, 7) is 3.23. The molecule has 1 saturated carbocycles. The molecule has 34 heavy (non-hydrogen) atoms. The molecule has 10 heteroatoms. The molecule has 4 aromatic heterocycles. The Labute approximate surface area is 201 Å². The van der Waals surface area contributed by atoms with Gasteiger partial charge in [0.25, 0.3) is 0 Å². The summed E-state index contributed by atoms with van der Waals surface area (Å²) in [5.74, 6) is 2.26. The van der Waals surface area contributed by atoms with E-state index in [0.717, 1.165) is 70.5 Å². The third-order valence-corrected chi connectivity index (χ3v) is 7.29. The molecule has 0 unspecified atom stereocenters. The summed E-state index contributed by atoms with van der Waals surface area (Å²) in [6.07, 6.45) is 8.67. The van der Waals surface area contributed by atoms with E-state index in [9.17, 15) is 0 Å². The molecule has 0 bridgehead atoms. The monoisotopic (exact) mass is 474 g/mol. The van der Waals surface area contributed by atoms with Crippen molar-refractivity contribution in [2.75, 3.05) is 41.8 Å². The number of nitrogens with zero attached hydrogens (tertiary/aromatic N) is 6. The summed E-state index contributed by atoms with van der Waals surface area (Å²) in [5, 5.41) is 17.3. The lowest BCUT2D eigenvalue weighted by Crippen LogP contribution is -2.36. The fourth-order valence-corrected chi connectivity index (χ4v) is 5.40. The van der Waals surface area contributed by atoms with E-state index in [1.54, 1.807) is 11.3 Å². The van der Waals surface area contributed by atoms with Crippen molar-refractivity contribution in [3.8, 4) is 0 Å². The molecule has 2 fully saturated rings. The van der Waals surface area contributed by atoms with Crippen LogP contribution < -0.4 is 15.5 Å². The van der Waals surface area contributed by atoms with Crippen LogP contribution in [0.3, 0.4) is 0 Å². The summed E-state index contributed by atoms with van der Waals surface area (Å²) in [4.78, 5) is 16.1. The lowest BCUT2D eigenvalue weighted by Gasteiger charge is -2.27. The van der Waals surface area contributed by atoms with Crippen LogP contribution in [0.5, 0.6) is 0 Å². The van der Waals surface area contributed by atoms with E-state index >= 15 is 0 Å². The first-order valence-corrected chi connectivity index (χ1v) is 12.5. The minimum absolute atomic E-state index is 0.563. The fourth-order valence-electron chi connectivity index (χ4n) is 4.48. The number of ether oxygens (including phenoxy) is 1. The number of morpholine rings is 1. The molecule has 0 atom stereocenters. The highest BCUT2D eigenvalue weighted by Gasteiger charge is 2.21. The van der Waals surface area contributed by atoms with Crippen LogP contribution in [0.1, 0.15) is 36.6 Å². The van der Waals surface area contributed by atoms with Gasteiger partial charge in [-0.3, -0.25) is 4.98 Å². The van der Waals surface area contributed by atoms with Crippen molar-refractivity contribution >= 4 is 50.5 Å². The number of rotatable bonds is 6. The predicted molar refractivity (Wildman–Crippen MR) is 134 cm³/mol. The van der Waals surface area contributed by atoms with E-state index in [4.69, 9.17) is 9.72 Å². The van der Waals surface area contributed by atoms with Crippen LogP contribution in [0.2, 0.25) is 0 Å². The predicted octanol–water partition coefficient (Wildman–Crippen LogP) is 4.86. The van der Waals surface area contributed by atoms with E-state index in [1.807, 2.05) is 42.7 Å². The third kappa shape index (κ3) is 4.64. The van der Waals surface area contributed by atoms with Crippen LogP contribution in [0.25, 0.3) is 11.0 Å². The van der Waals surface area contributed by atoms with Crippen LogP contribution >= 0.6 is 11.3 Å². The molecule has 1 saturated heterocycles. The second-order valence-electron chi connectivity index (χ2n) is 8.64. The van der Waals surface area contributed by atoms with E-state index in [1.165, 1.54) is 25.7 Å². The van der Waals surface area contributed by atoms with Crippen LogP contribution in [-0.2, 0) is 4.74 Å². The molecule has 9 nitrogen and oxygen atoms in total. The largest absolute Gasteiger partial charge is 0.378 e. The summed E-state index contributed by atoms with van der Waals surface area (Å²) in [7, 11) is 0. The van der Waals surface area contributed by atoms with Gasteiger partial charge >= 0.3 is 0 Å². The first kappa shape index (κ1) is 21.2. The molecule has 1 aliphatic carbocycles. The van der Waals surface area contributed by atoms with Crippen molar-refractivity contribution in [3.05, 3.63) is 47.7 Å². The molecule has 6 rings (SSSR count). The Kier molecular flexibility index (Phi) is 5.90. The van der Waals surface area contributed by atoms with Gasteiger partial charge < -0.3 is 20.3 Å². The van der Waals surface area contributed by atoms with Gasteiger partial charge in [-0.25, -0.2) is 9.97 Å². The molecule has 0 aromatic carbocycles. The van der Waals surface area contributed by atoms with E-state index in [0.29, 0.717) is 5.92 Å². The zero-order valence-corrected chi connectivity index (χ0v) is 19.6. The van der Waals surface area contributed by atoms with Crippen LogP contribution in [0.4, 0.5) is 28.1 Å². The lowest BCUT2D eigenvalue weighted by molar-refractivity contribution is 0.122. The molecule has 1 aliphatic heterocycles. The van der Waals surface area contributed by atoms with E-state index in [2.05, 4.69) is 35.7 Å². The summed E-state index contributed by atoms with van der Waals surface area (Å²) < 4.78 is 5.42. The van der Waals surface area contributed by atoms with Gasteiger partial charge in [0, 0.05) is 19.0 Å². The molecule has 4 aromatic rings. The Balaban J connectivity index is 1.15. The van der Waals surface area contributed by atoms with Crippen molar-refractivity contribution in [1.82, 2.24) is 25.1 Å². The number of anilines is 5. The maximum Gasteiger partial charge on any atom is 0.211 e. The molecule has 5 heterocycles. The van der Waals surface area contributed by atoms with Crippen LogP contribution in [0.15, 0.2) is 42.7 Å². The maximum atomic E-state index is 5.42. The molecule has 0 radical (unpaired) electrons. The molecule has 2 N–H and O–H groups in total. The SMILES string of the molecule is c1cc(N2CCOCC2)ncc1Nc1cnc2ccc(Nc3nnc(C4CCCC4)s3)nc2c1. The van der Waals surface area contributed by atoms with E-state index in [-0.39, 0.29) is 0 Å². The Morgan fingerprint density at radius 3 is 2.56 bits per heavy atom. The van der Waals surface area contributed by atoms with Gasteiger partial charge in [0.1, 0.15) is 16.6 Å². The standard InChI is InChI=1S/C24H26N8OS/c1-2-4-16(3-1)23-30-31-24(34-23)29-21-7-6-19-20(28-21)13-18(15-25-19)27-17-5-8-22(26-14-17)32-9-11-33-12-10-32/h5-8,13-16,27H,1-4,9-12H2,(H,28,29,31). The van der Waals surface area contributed by atoms with Crippen LogP contribution in [0, 0.1) is 0 Å². The average Bonchev–Trinajstić information content (AvgIpc) is 3.57. The molecule has 174 valence electrons. The van der Waals surface area contributed by atoms with Gasteiger partial charge in [-0.2, -0.15) is 0 Å². The van der Waals surface area contributed by atoms with E-state index < -0.39 is 0 Å². The number of hydrogen-bond acceptors (Lipinski definition) is 10. The Morgan fingerprint density at radius 2 is 1.74 bits per heavy atom. The first-order valence-electron chi connectivity index (χ1n) is 11.7. The maximum absolute atomic E-state index is 5.42. The minimum Gasteiger partial charge on any atom is -0.378 e. The second-order valence-corrected chi connectivity index (χ2v) is 9.65. The van der Waals surface area contributed by atoms with Crippen molar-refractivity contribution < 1.29 is 4.74 Å². The van der Waals surface area contributed by atoms with Gasteiger partial charge in [0.15, 0.2) is 0 Å². The van der Waals surface area contributed by atoms with Crippen LogP contribution in [-0.4, -0.2) is 51.5 Å².